The van der Waals surface area contributed by atoms with Gasteiger partial charge in [0, 0.05) is 5.69 Å². The Kier molecular flexibility index (Phi) is 6.01. The summed E-state index contributed by atoms with van der Waals surface area (Å²) in [7, 11) is -4.43. The van der Waals surface area contributed by atoms with Gasteiger partial charge in [-0.05, 0) is 42.8 Å². The highest BCUT2D eigenvalue weighted by atomic mass is 32.2. The van der Waals surface area contributed by atoms with Gasteiger partial charge in [0.2, 0.25) is 5.91 Å². The van der Waals surface area contributed by atoms with Crippen LogP contribution in [-0.4, -0.2) is 44.7 Å². The number of nitrogens with one attached hydrogen (secondary N) is 2. The lowest BCUT2D eigenvalue weighted by Crippen LogP contribution is -2.48. The highest BCUT2D eigenvalue weighted by Crippen LogP contribution is 2.40. The lowest BCUT2D eigenvalue weighted by Gasteiger charge is -2.35. The molecule has 0 bridgehead atoms. The molecule has 178 valence electrons. The van der Waals surface area contributed by atoms with Crippen molar-refractivity contribution in [2.75, 3.05) is 22.7 Å². The SMILES string of the molecule is N#C[C@H]1C[C@H]1C(=O)NC[C@H]1CN(S(=O)(=O)c2ccc(F)c(F)c2)c2cc(NC(=O)O)ccc2O1. The van der Waals surface area contributed by atoms with Crippen LogP contribution >= 0.6 is 0 Å². The average molecular weight is 492 g/mol. The van der Waals surface area contributed by atoms with E-state index in [4.69, 9.17) is 15.1 Å². The molecule has 2 aliphatic rings. The van der Waals surface area contributed by atoms with Gasteiger partial charge < -0.3 is 15.2 Å². The standard InChI is InChI=1S/C21H18F2N4O6S/c22-16-3-2-14(7-17(16)23)34(31,32)27-10-13(9-25-20(28)15-5-11(15)8-24)33-19-4-1-12(6-18(19)27)26-21(29)30/h1-4,6-7,11,13,15,26H,5,9-10H2,(H,25,28)(H,29,30)/t11-,13+,15-/m1/s1. The smallest absolute Gasteiger partial charge is 0.409 e. The molecule has 4 rings (SSSR count). The average Bonchev–Trinajstić information content (AvgIpc) is 3.58. The summed E-state index contributed by atoms with van der Waals surface area (Å²) in [5.41, 5.74) is 0.0358. The first-order valence-corrected chi connectivity index (χ1v) is 11.5. The molecule has 1 aliphatic heterocycles. The second kappa shape index (κ2) is 8.79. The number of nitriles is 1. The van der Waals surface area contributed by atoms with Gasteiger partial charge >= 0.3 is 6.09 Å². The van der Waals surface area contributed by atoms with E-state index in [-0.39, 0.29) is 42.0 Å². The number of amides is 2. The molecule has 13 heteroatoms. The highest BCUT2D eigenvalue weighted by Gasteiger charge is 2.43. The highest BCUT2D eigenvalue weighted by molar-refractivity contribution is 7.92. The number of rotatable bonds is 6. The van der Waals surface area contributed by atoms with Crippen LogP contribution in [0, 0.1) is 34.8 Å². The number of carbonyl (C=O) groups is 2. The van der Waals surface area contributed by atoms with E-state index in [0.29, 0.717) is 18.6 Å². The molecule has 1 fully saturated rings. The molecule has 2 aromatic carbocycles. The molecule has 2 amide bonds. The third kappa shape index (κ3) is 4.58. The van der Waals surface area contributed by atoms with Gasteiger partial charge in [-0.1, -0.05) is 0 Å². The summed E-state index contributed by atoms with van der Waals surface area (Å²) in [6.07, 6.45) is -1.77. The summed E-state index contributed by atoms with van der Waals surface area (Å²) in [5, 5.41) is 22.6. The van der Waals surface area contributed by atoms with E-state index in [1.165, 1.54) is 18.2 Å². The molecule has 34 heavy (non-hydrogen) atoms. The van der Waals surface area contributed by atoms with Crippen LogP contribution in [0.15, 0.2) is 41.3 Å². The van der Waals surface area contributed by atoms with Gasteiger partial charge in [-0.3, -0.25) is 14.4 Å². The molecule has 2 aromatic rings. The third-order valence-corrected chi connectivity index (χ3v) is 7.19. The van der Waals surface area contributed by atoms with Gasteiger partial charge in [-0.2, -0.15) is 5.26 Å². The van der Waals surface area contributed by atoms with Crippen LogP contribution in [-0.2, 0) is 14.8 Å². The predicted molar refractivity (Wildman–Crippen MR) is 114 cm³/mol. The van der Waals surface area contributed by atoms with E-state index >= 15 is 0 Å². The Hall–Kier alpha value is -3.92. The van der Waals surface area contributed by atoms with Crippen molar-refractivity contribution in [3.8, 4) is 11.8 Å². The van der Waals surface area contributed by atoms with Crippen LogP contribution in [0.4, 0.5) is 25.0 Å². The topological polar surface area (TPSA) is 149 Å². The van der Waals surface area contributed by atoms with Gasteiger partial charge in [0.15, 0.2) is 11.6 Å². The molecule has 3 atom stereocenters. The van der Waals surface area contributed by atoms with Crippen molar-refractivity contribution < 1.29 is 36.6 Å². The van der Waals surface area contributed by atoms with Gasteiger partial charge in [0.05, 0.1) is 41.6 Å². The summed E-state index contributed by atoms with van der Waals surface area (Å²) < 4.78 is 60.6. The first kappa shape index (κ1) is 23.2. The number of hydrogen-bond donors (Lipinski definition) is 3. The molecular formula is C21H18F2N4O6S. The first-order chi connectivity index (χ1) is 16.1. The summed E-state index contributed by atoms with van der Waals surface area (Å²) in [5.74, 6) is -3.61. The summed E-state index contributed by atoms with van der Waals surface area (Å²) in [4.78, 5) is 22.7. The van der Waals surface area contributed by atoms with Gasteiger partial charge in [-0.15, -0.1) is 0 Å². The number of halogens is 2. The monoisotopic (exact) mass is 492 g/mol. The van der Waals surface area contributed by atoms with Crippen LogP contribution in [0.1, 0.15) is 6.42 Å². The zero-order chi connectivity index (χ0) is 24.6. The fraction of sp³-hybridized carbons (Fsp3) is 0.286. The van der Waals surface area contributed by atoms with Crippen molar-refractivity contribution in [3.63, 3.8) is 0 Å². The van der Waals surface area contributed by atoms with E-state index in [1.807, 2.05) is 6.07 Å². The molecule has 0 radical (unpaired) electrons. The van der Waals surface area contributed by atoms with Crippen molar-refractivity contribution in [1.82, 2.24) is 5.32 Å². The molecule has 3 N–H and O–H groups in total. The first-order valence-electron chi connectivity index (χ1n) is 10.1. The van der Waals surface area contributed by atoms with Crippen LogP contribution in [0.25, 0.3) is 0 Å². The van der Waals surface area contributed by atoms with E-state index < -0.39 is 44.7 Å². The van der Waals surface area contributed by atoms with E-state index in [0.717, 1.165) is 10.4 Å². The number of nitrogens with zero attached hydrogens (tertiary/aromatic N) is 2. The van der Waals surface area contributed by atoms with E-state index in [9.17, 15) is 26.8 Å². The number of fused-ring (bicyclic) bond motifs is 1. The van der Waals surface area contributed by atoms with Gasteiger partial charge in [0.1, 0.15) is 11.9 Å². The molecule has 10 nitrogen and oxygen atoms in total. The molecule has 0 spiro atoms. The fourth-order valence-corrected chi connectivity index (χ4v) is 5.10. The maximum atomic E-state index is 13.8. The Balaban J connectivity index is 1.64. The number of anilines is 2. The summed E-state index contributed by atoms with van der Waals surface area (Å²) in [6.45, 7) is -0.386. The second-order valence-electron chi connectivity index (χ2n) is 7.79. The zero-order valence-electron chi connectivity index (χ0n) is 17.4. The lowest BCUT2D eigenvalue weighted by atomic mass is 10.2. The minimum atomic E-state index is -4.43. The van der Waals surface area contributed by atoms with Crippen LogP contribution in [0.2, 0.25) is 0 Å². The zero-order valence-corrected chi connectivity index (χ0v) is 18.2. The molecule has 0 aromatic heterocycles. The predicted octanol–water partition coefficient (Wildman–Crippen LogP) is 2.29. The molecular weight excluding hydrogens is 474 g/mol. The largest absolute Gasteiger partial charge is 0.484 e. The number of ether oxygens (including phenoxy) is 1. The minimum absolute atomic E-state index is 0.0229. The Morgan fingerprint density at radius 1 is 1.21 bits per heavy atom. The van der Waals surface area contributed by atoms with Crippen molar-refractivity contribution in [2.45, 2.75) is 17.4 Å². The van der Waals surface area contributed by atoms with Crippen molar-refractivity contribution in [3.05, 3.63) is 48.0 Å². The fourth-order valence-electron chi connectivity index (χ4n) is 3.58. The lowest BCUT2D eigenvalue weighted by molar-refractivity contribution is -0.122. The molecule has 1 saturated carbocycles. The van der Waals surface area contributed by atoms with Crippen LogP contribution in [0.3, 0.4) is 0 Å². The number of sulfonamides is 1. The Labute approximate surface area is 192 Å². The van der Waals surface area contributed by atoms with Crippen molar-refractivity contribution in [2.24, 2.45) is 11.8 Å². The Bertz CT molecular complexity index is 1310. The molecule has 0 unspecified atom stereocenters. The number of carbonyl (C=O) groups excluding carboxylic acids is 1. The maximum Gasteiger partial charge on any atom is 0.409 e. The Morgan fingerprint density at radius 2 is 1.97 bits per heavy atom. The summed E-state index contributed by atoms with van der Waals surface area (Å²) in [6, 6.07) is 8.10. The van der Waals surface area contributed by atoms with E-state index in [1.54, 1.807) is 0 Å². The normalized spacial score (nSPS) is 21.0. The quantitative estimate of drug-likeness (QED) is 0.560. The number of hydrogen-bond acceptors (Lipinski definition) is 6. The minimum Gasteiger partial charge on any atom is -0.484 e. The maximum absolute atomic E-state index is 13.8. The van der Waals surface area contributed by atoms with Gasteiger partial charge in [0.25, 0.3) is 10.0 Å². The van der Waals surface area contributed by atoms with E-state index in [2.05, 4.69) is 10.6 Å². The Morgan fingerprint density at radius 3 is 2.62 bits per heavy atom. The van der Waals surface area contributed by atoms with Crippen LogP contribution in [0.5, 0.6) is 5.75 Å². The van der Waals surface area contributed by atoms with Gasteiger partial charge in [-0.25, -0.2) is 22.0 Å². The van der Waals surface area contributed by atoms with Crippen LogP contribution < -0.4 is 19.7 Å². The summed E-state index contributed by atoms with van der Waals surface area (Å²) >= 11 is 0. The van der Waals surface area contributed by atoms with Crippen molar-refractivity contribution in [1.29, 1.82) is 5.26 Å². The van der Waals surface area contributed by atoms with Crippen molar-refractivity contribution >= 4 is 33.4 Å². The third-order valence-electron chi connectivity index (χ3n) is 5.42. The number of carboxylic acid groups (broad SMARTS) is 1. The molecule has 1 aliphatic carbocycles. The number of benzene rings is 2. The molecule has 0 saturated heterocycles. The second-order valence-corrected chi connectivity index (χ2v) is 9.65. The molecule has 1 heterocycles.